The van der Waals surface area contributed by atoms with Crippen molar-refractivity contribution in [3.63, 3.8) is 0 Å². The van der Waals surface area contributed by atoms with Crippen LogP contribution < -0.4 is 4.72 Å². The molecule has 1 aliphatic rings. The predicted molar refractivity (Wildman–Crippen MR) is 165 cm³/mol. The summed E-state index contributed by atoms with van der Waals surface area (Å²) in [7, 11) is -1.51. The topological polar surface area (TPSA) is 101 Å². The van der Waals surface area contributed by atoms with Crippen LogP contribution in [-0.2, 0) is 39.1 Å². The number of pyridine rings is 1. The minimum Gasteiger partial charge on any atom is -0.392 e. The van der Waals surface area contributed by atoms with Crippen molar-refractivity contribution in [2.45, 2.75) is 49.9 Å². The summed E-state index contributed by atoms with van der Waals surface area (Å²) in [4.78, 5) is 6.95. The number of aliphatic hydroxyl groups is 1. The smallest absolute Gasteiger partial charge is 0.240 e. The molecule has 0 bridgehead atoms. The van der Waals surface area contributed by atoms with Gasteiger partial charge in [0.1, 0.15) is 0 Å². The Labute approximate surface area is 254 Å². The Morgan fingerprint density at radius 2 is 1.53 bits per heavy atom. The lowest BCUT2D eigenvalue weighted by Gasteiger charge is -2.42. The third-order valence-corrected chi connectivity index (χ3v) is 9.28. The molecule has 0 aliphatic carbocycles. The number of sulfonamides is 1. The van der Waals surface area contributed by atoms with Crippen LogP contribution in [0.3, 0.4) is 0 Å². The molecule has 0 saturated carbocycles. The minimum atomic E-state index is -3.60. The van der Waals surface area contributed by atoms with Gasteiger partial charge in [-0.3, -0.25) is 4.98 Å². The molecule has 4 atom stereocenters. The van der Waals surface area contributed by atoms with Gasteiger partial charge in [-0.2, -0.15) is 0 Å². The van der Waals surface area contributed by atoms with E-state index in [4.69, 9.17) is 9.47 Å². The summed E-state index contributed by atoms with van der Waals surface area (Å²) in [5.41, 5.74) is 4.63. The van der Waals surface area contributed by atoms with Gasteiger partial charge in [-0.1, -0.05) is 79.7 Å². The van der Waals surface area contributed by atoms with Crippen molar-refractivity contribution in [1.29, 1.82) is 0 Å². The first-order valence-electron chi connectivity index (χ1n) is 14.5. The van der Waals surface area contributed by atoms with Crippen molar-refractivity contribution in [3.8, 4) is 0 Å². The van der Waals surface area contributed by atoms with Crippen molar-refractivity contribution in [2.75, 3.05) is 20.1 Å². The molecule has 1 saturated heterocycles. The molecule has 4 aromatic rings. The molecule has 43 heavy (non-hydrogen) atoms. The van der Waals surface area contributed by atoms with Crippen LogP contribution in [0.1, 0.15) is 47.3 Å². The number of hydrogen-bond acceptors (Lipinski definition) is 7. The third-order valence-electron chi connectivity index (χ3n) is 7.86. The number of likely N-dealkylation sites (N-methyl/N-ethyl adjacent to an activating group) is 1. The highest BCUT2D eigenvalue weighted by atomic mass is 32.2. The molecule has 0 unspecified atom stereocenters. The third kappa shape index (κ3) is 8.14. The highest BCUT2D eigenvalue weighted by molar-refractivity contribution is 7.89. The lowest BCUT2D eigenvalue weighted by Crippen LogP contribution is -2.43. The van der Waals surface area contributed by atoms with Gasteiger partial charge in [0, 0.05) is 49.4 Å². The van der Waals surface area contributed by atoms with Gasteiger partial charge < -0.3 is 19.5 Å². The highest BCUT2D eigenvalue weighted by Gasteiger charge is 2.38. The van der Waals surface area contributed by atoms with E-state index in [9.17, 15) is 13.5 Å². The second-order valence-corrected chi connectivity index (χ2v) is 12.8. The molecule has 8 nitrogen and oxygen atoms in total. The van der Waals surface area contributed by atoms with Gasteiger partial charge in [0.15, 0.2) is 6.29 Å². The summed E-state index contributed by atoms with van der Waals surface area (Å²) in [6, 6.07) is 29.8. The van der Waals surface area contributed by atoms with E-state index in [1.165, 1.54) is 0 Å². The van der Waals surface area contributed by atoms with Crippen molar-refractivity contribution in [1.82, 2.24) is 14.6 Å². The molecule has 226 valence electrons. The number of aliphatic hydroxyl groups excluding tert-OH is 1. The maximum atomic E-state index is 12.6. The highest BCUT2D eigenvalue weighted by Crippen LogP contribution is 2.41. The molecule has 2 heterocycles. The zero-order valence-corrected chi connectivity index (χ0v) is 25.4. The van der Waals surface area contributed by atoms with Gasteiger partial charge in [0.25, 0.3) is 0 Å². The Kier molecular flexibility index (Phi) is 10.3. The second kappa shape index (κ2) is 14.4. The minimum absolute atomic E-state index is 0.00929. The monoisotopic (exact) mass is 601 g/mol. The van der Waals surface area contributed by atoms with E-state index in [2.05, 4.69) is 28.6 Å². The van der Waals surface area contributed by atoms with Crippen molar-refractivity contribution in [3.05, 3.63) is 131 Å². The number of benzene rings is 3. The van der Waals surface area contributed by atoms with Crippen LogP contribution >= 0.6 is 0 Å². The maximum absolute atomic E-state index is 12.6. The van der Waals surface area contributed by atoms with Gasteiger partial charge in [-0.05, 0) is 48.0 Å². The van der Waals surface area contributed by atoms with Gasteiger partial charge in [-0.25, -0.2) is 13.1 Å². The first-order valence-corrected chi connectivity index (χ1v) is 16.0. The number of aromatic nitrogens is 1. The van der Waals surface area contributed by atoms with E-state index in [0.29, 0.717) is 0 Å². The van der Waals surface area contributed by atoms with Crippen LogP contribution in [0.25, 0.3) is 0 Å². The fraction of sp³-hybridized carbons (Fsp3) is 0.324. The predicted octanol–water partition coefficient (Wildman–Crippen LogP) is 5.02. The fourth-order valence-corrected chi connectivity index (χ4v) is 6.27. The van der Waals surface area contributed by atoms with Crippen molar-refractivity contribution < 1.29 is 23.0 Å². The number of hydrogen-bond donors (Lipinski definition) is 2. The Bertz CT molecular complexity index is 1530. The van der Waals surface area contributed by atoms with E-state index in [1.54, 1.807) is 30.3 Å². The van der Waals surface area contributed by atoms with Gasteiger partial charge in [0.05, 0.1) is 23.7 Å². The Morgan fingerprint density at radius 1 is 0.860 bits per heavy atom. The standard InChI is InChI=1S/C34H39N3O5S/c1-25-32(23-37(2)21-19-30-8-6-7-20-35-30)41-34(42-33(25)28-15-13-27(24-38)14-16-28)29-17-11-26(12-18-29)22-36-43(39,40)31-9-4-3-5-10-31/h3-18,20,25,32-34,36,38H,19,21-24H2,1-2H3/t25-,32+,33+,34+/m0/s1. The summed E-state index contributed by atoms with van der Waals surface area (Å²) in [5.74, 6) is 0.0696. The van der Waals surface area contributed by atoms with Crippen LogP contribution in [0, 0.1) is 5.92 Å². The Balaban J connectivity index is 1.29. The zero-order valence-electron chi connectivity index (χ0n) is 24.5. The van der Waals surface area contributed by atoms with Gasteiger partial charge >= 0.3 is 0 Å². The van der Waals surface area contributed by atoms with Crippen LogP contribution in [0.4, 0.5) is 0 Å². The summed E-state index contributed by atoms with van der Waals surface area (Å²) >= 11 is 0. The van der Waals surface area contributed by atoms with Crippen LogP contribution in [0.5, 0.6) is 0 Å². The quantitative estimate of drug-likeness (QED) is 0.235. The lowest BCUT2D eigenvalue weighted by atomic mass is 9.90. The van der Waals surface area contributed by atoms with Crippen LogP contribution in [0.15, 0.2) is 108 Å². The second-order valence-electron chi connectivity index (χ2n) is 11.0. The molecule has 2 N–H and O–H groups in total. The van der Waals surface area contributed by atoms with Crippen LogP contribution in [0.2, 0.25) is 0 Å². The molecule has 0 spiro atoms. The number of nitrogens with zero attached hydrogens (tertiary/aromatic N) is 2. The van der Waals surface area contributed by atoms with Gasteiger partial charge in [0.2, 0.25) is 10.0 Å². The van der Waals surface area contributed by atoms with Gasteiger partial charge in [-0.15, -0.1) is 0 Å². The van der Waals surface area contributed by atoms with E-state index in [0.717, 1.165) is 47.5 Å². The van der Waals surface area contributed by atoms with E-state index in [1.807, 2.05) is 72.9 Å². The Morgan fingerprint density at radius 3 is 2.21 bits per heavy atom. The summed E-state index contributed by atoms with van der Waals surface area (Å²) < 4.78 is 41.1. The average Bonchev–Trinajstić information content (AvgIpc) is 3.05. The van der Waals surface area contributed by atoms with E-state index >= 15 is 0 Å². The molecule has 1 aliphatic heterocycles. The first-order chi connectivity index (χ1) is 20.8. The number of ether oxygens (including phenoxy) is 2. The normalized spacial score (nSPS) is 20.7. The molecular weight excluding hydrogens is 562 g/mol. The molecule has 0 radical (unpaired) electrons. The number of rotatable bonds is 12. The molecule has 1 aromatic heterocycles. The molecule has 5 rings (SSSR count). The first kappa shape index (κ1) is 31.0. The summed E-state index contributed by atoms with van der Waals surface area (Å²) in [6.45, 7) is 3.88. The Hall–Kier alpha value is -3.44. The molecule has 3 aromatic carbocycles. The SMILES string of the molecule is C[C@H]1[C@@H](CN(C)CCc2ccccn2)O[C@@H](c2ccc(CNS(=O)(=O)c3ccccc3)cc2)O[C@H]1c1ccc(CO)cc1. The molecule has 0 amide bonds. The lowest BCUT2D eigenvalue weighted by molar-refractivity contribution is -0.275. The molecule has 9 heteroatoms. The average molecular weight is 602 g/mol. The number of nitrogens with one attached hydrogen (secondary N) is 1. The summed E-state index contributed by atoms with van der Waals surface area (Å²) in [6.07, 6.45) is 1.76. The van der Waals surface area contributed by atoms with Crippen molar-refractivity contribution >= 4 is 10.0 Å². The zero-order chi connectivity index (χ0) is 30.2. The fourth-order valence-electron chi connectivity index (χ4n) is 5.23. The largest absolute Gasteiger partial charge is 0.392 e. The summed E-state index contributed by atoms with van der Waals surface area (Å²) in [5, 5.41) is 9.52. The molecule has 1 fully saturated rings. The maximum Gasteiger partial charge on any atom is 0.240 e. The van der Waals surface area contributed by atoms with Crippen molar-refractivity contribution in [2.24, 2.45) is 5.92 Å². The van der Waals surface area contributed by atoms with E-state index in [-0.39, 0.29) is 36.2 Å². The van der Waals surface area contributed by atoms with E-state index < -0.39 is 16.3 Å². The molecular formula is C34H39N3O5S. The van der Waals surface area contributed by atoms with Crippen LogP contribution in [-0.4, -0.2) is 49.6 Å².